The Labute approximate surface area is 193 Å². The van der Waals surface area contributed by atoms with Gasteiger partial charge in [-0.05, 0) is 26.0 Å². The van der Waals surface area contributed by atoms with Crippen molar-refractivity contribution >= 4 is 29.1 Å². The summed E-state index contributed by atoms with van der Waals surface area (Å²) in [6.07, 6.45) is -0.266. The van der Waals surface area contributed by atoms with Crippen LogP contribution >= 0.6 is 11.6 Å². The van der Waals surface area contributed by atoms with Crippen molar-refractivity contribution in [3.63, 3.8) is 0 Å². The van der Waals surface area contributed by atoms with Gasteiger partial charge in [-0.2, -0.15) is 5.10 Å². The summed E-state index contributed by atoms with van der Waals surface area (Å²) in [4.78, 5) is 30.7. The third kappa shape index (κ3) is 3.68. The summed E-state index contributed by atoms with van der Waals surface area (Å²) >= 11 is 6.30. The lowest BCUT2D eigenvalue weighted by Crippen LogP contribution is -2.30. The Hall–Kier alpha value is -3.24. The first-order chi connectivity index (χ1) is 15.7. The van der Waals surface area contributed by atoms with E-state index in [1.807, 2.05) is 13.8 Å². The molecule has 2 aliphatic rings. The molecule has 0 aliphatic carbocycles. The third-order valence-electron chi connectivity index (χ3n) is 6.10. The van der Waals surface area contributed by atoms with Crippen LogP contribution in [0.5, 0.6) is 5.75 Å². The average Bonchev–Trinajstić information content (AvgIpc) is 3.47. The predicted octanol–water partition coefficient (Wildman–Crippen LogP) is 2.49. The number of aryl methyl sites for hydroxylation is 2. The summed E-state index contributed by atoms with van der Waals surface area (Å²) in [7, 11) is 0. The maximum absolute atomic E-state index is 14.0. The molecule has 2 N–H and O–H groups in total. The SMILES string of the molecule is Cc1nc2c3c(nn2c(C)c1Cl)CN(C(=O)c1ccc(F)cc1OC1CNC(C(=O)O)C1)C3. The maximum atomic E-state index is 14.0. The first kappa shape index (κ1) is 21.6. The molecule has 33 heavy (non-hydrogen) atoms. The van der Waals surface area contributed by atoms with Crippen LogP contribution in [0.2, 0.25) is 5.02 Å². The second-order valence-electron chi connectivity index (χ2n) is 8.33. The number of aromatic nitrogens is 3. The van der Waals surface area contributed by atoms with Crippen molar-refractivity contribution in [2.24, 2.45) is 0 Å². The van der Waals surface area contributed by atoms with Crippen LogP contribution in [0.25, 0.3) is 5.65 Å². The predicted molar refractivity (Wildman–Crippen MR) is 116 cm³/mol. The maximum Gasteiger partial charge on any atom is 0.320 e. The lowest BCUT2D eigenvalue weighted by Gasteiger charge is -2.20. The Morgan fingerprint density at radius 1 is 1.30 bits per heavy atom. The number of carbonyl (C=O) groups excluding carboxylic acids is 1. The third-order valence-corrected chi connectivity index (χ3v) is 6.65. The molecule has 0 spiro atoms. The molecule has 0 saturated carbocycles. The second-order valence-corrected chi connectivity index (χ2v) is 8.71. The Morgan fingerprint density at radius 2 is 2.09 bits per heavy atom. The molecule has 3 aromatic rings. The fourth-order valence-electron chi connectivity index (χ4n) is 4.36. The highest BCUT2D eigenvalue weighted by Crippen LogP contribution is 2.32. The van der Waals surface area contributed by atoms with Crippen molar-refractivity contribution in [3.8, 4) is 5.75 Å². The second kappa shape index (κ2) is 7.96. The van der Waals surface area contributed by atoms with Gasteiger partial charge in [0.25, 0.3) is 5.91 Å². The number of ether oxygens (including phenoxy) is 1. The van der Waals surface area contributed by atoms with Gasteiger partial charge >= 0.3 is 5.97 Å². The van der Waals surface area contributed by atoms with Gasteiger partial charge in [-0.3, -0.25) is 9.59 Å². The van der Waals surface area contributed by atoms with Crippen molar-refractivity contribution in [2.75, 3.05) is 6.54 Å². The molecule has 0 radical (unpaired) electrons. The largest absolute Gasteiger partial charge is 0.488 e. The van der Waals surface area contributed by atoms with Gasteiger partial charge in [-0.1, -0.05) is 11.6 Å². The molecular formula is C22H21ClFN5O4. The van der Waals surface area contributed by atoms with Crippen LogP contribution in [0, 0.1) is 19.7 Å². The molecule has 0 bridgehead atoms. The van der Waals surface area contributed by atoms with Gasteiger partial charge in [0.1, 0.15) is 23.7 Å². The monoisotopic (exact) mass is 473 g/mol. The van der Waals surface area contributed by atoms with Crippen LogP contribution in [0.1, 0.15) is 39.4 Å². The first-order valence-electron chi connectivity index (χ1n) is 10.5. The lowest BCUT2D eigenvalue weighted by molar-refractivity contribution is -0.139. The van der Waals surface area contributed by atoms with E-state index in [9.17, 15) is 14.0 Å². The number of benzene rings is 1. The molecular weight excluding hydrogens is 453 g/mol. The van der Waals surface area contributed by atoms with E-state index in [-0.39, 0.29) is 30.2 Å². The zero-order valence-corrected chi connectivity index (χ0v) is 18.7. The molecule has 4 heterocycles. The normalized spacial score (nSPS) is 19.8. The fourth-order valence-corrected chi connectivity index (χ4v) is 4.48. The summed E-state index contributed by atoms with van der Waals surface area (Å²) in [5.41, 5.74) is 3.92. The van der Waals surface area contributed by atoms with E-state index in [2.05, 4.69) is 15.4 Å². The van der Waals surface area contributed by atoms with E-state index >= 15 is 0 Å². The average molecular weight is 474 g/mol. The zero-order valence-electron chi connectivity index (χ0n) is 17.9. The van der Waals surface area contributed by atoms with Crippen LogP contribution in [-0.4, -0.2) is 55.2 Å². The smallest absolute Gasteiger partial charge is 0.320 e. The number of rotatable bonds is 4. The zero-order chi connectivity index (χ0) is 23.4. The number of fused-ring (bicyclic) bond motifs is 3. The number of halogens is 2. The minimum Gasteiger partial charge on any atom is -0.488 e. The molecule has 5 rings (SSSR count). The highest BCUT2D eigenvalue weighted by Gasteiger charge is 2.34. The molecule has 1 fully saturated rings. The number of aliphatic carboxylic acids is 1. The van der Waals surface area contributed by atoms with Gasteiger partial charge in [0.05, 0.1) is 40.8 Å². The van der Waals surface area contributed by atoms with E-state index < -0.39 is 23.9 Å². The number of nitrogens with one attached hydrogen (secondary N) is 1. The molecule has 9 nitrogen and oxygen atoms in total. The number of nitrogens with zero attached hydrogens (tertiary/aromatic N) is 4. The van der Waals surface area contributed by atoms with Crippen LogP contribution in [0.15, 0.2) is 18.2 Å². The molecule has 1 amide bonds. The lowest BCUT2D eigenvalue weighted by atomic mass is 10.1. The van der Waals surface area contributed by atoms with E-state index in [0.717, 1.165) is 23.0 Å². The van der Waals surface area contributed by atoms with Crippen LogP contribution < -0.4 is 10.1 Å². The molecule has 2 aliphatic heterocycles. The van der Waals surface area contributed by atoms with Gasteiger partial charge in [0, 0.05) is 24.6 Å². The number of hydrogen-bond donors (Lipinski definition) is 2. The number of carbonyl (C=O) groups is 2. The van der Waals surface area contributed by atoms with Crippen molar-refractivity contribution in [1.29, 1.82) is 0 Å². The van der Waals surface area contributed by atoms with Gasteiger partial charge < -0.3 is 20.1 Å². The molecule has 11 heteroatoms. The molecule has 2 unspecified atom stereocenters. The van der Waals surface area contributed by atoms with E-state index in [0.29, 0.717) is 29.5 Å². The Kier molecular flexibility index (Phi) is 5.21. The molecule has 2 atom stereocenters. The number of carboxylic acids is 1. The Bertz CT molecular complexity index is 1310. The summed E-state index contributed by atoms with van der Waals surface area (Å²) in [6, 6.07) is 3.01. The Morgan fingerprint density at radius 3 is 2.82 bits per heavy atom. The highest BCUT2D eigenvalue weighted by atomic mass is 35.5. The van der Waals surface area contributed by atoms with Gasteiger partial charge in [-0.25, -0.2) is 13.9 Å². The number of carboxylic acid groups (broad SMARTS) is 1. The van der Waals surface area contributed by atoms with Crippen molar-refractivity contribution in [3.05, 3.63) is 57.2 Å². The quantitative estimate of drug-likeness (QED) is 0.599. The number of hydrogen-bond acceptors (Lipinski definition) is 6. The van der Waals surface area contributed by atoms with Crippen LogP contribution in [0.3, 0.4) is 0 Å². The molecule has 2 aromatic heterocycles. The van der Waals surface area contributed by atoms with E-state index in [4.69, 9.17) is 21.4 Å². The summed E-state index contributed by atoms with van der Waals surface area (Å²) in [5, 5.41) is 17.1. The highest BCUT2D eigenvalue weighted by molar-refractivity contribution is 6.31. The standard InChI is InChI=1S/C22H21ClFN5O4/c1-10-19(23)11(2)29-20(26-10)15-8-28(9-17(15)27-29)21(30)14-4-3-12(24)5-18(14)33-13-6-16(22(31)32)25-7-13/h3-5,13,16,25H,6-9H2,1-2H3,(H,31,32). The van der Waals surface area contributed by atoms with Crippen LogP contribution in [0.4, 0.5) is 4.39 Å². The van der Waals surface area contributed by atoms with Gasteiger partial charge in [0.2, 0.25) is 0 Å². The van der Waals surface area contributed by atoms with Crippen molar-refractivity contribution in [2.45, 2.75) is 45.5 Å². The summed E-state index contributed by atoms with van der Waals surface area (Å²) in [5.74, 6) is -1.76. The topological polar surface area (TPSA) is 109 Å². The summed E-state index contributed by atoms with van der Waals surface area (Å²) in [6.45, 7) is 4.55. The van der Waals surface area contributed by atoms with Crippen LogP contribution in [-0.2, 0) is 17.9 Å². The minimum absolute atomic E-state index is 0.0909. The van der Waals surface area contributed by atoms with E-state index in [1.165, 1.54) is 12.1 Å². The first-order valence-corrected chi connectivity index (χ1v) is 10.9. The molecule has 1 aromatic carbocycles. The molecule has 1 saturated heterocycles. The number of amides is 1. The fraction of sp³-hybridized carbons (Fsp3) is 0.364. The van der Waals surface area contributed by atoms with Gasteiger partial charge in [0.15, 0.2) is 5.65 Å². The molecule has 172 valence electrons. The minimum atomic E-state index is -0.975. The Balaban J connectivity index is 1.40. The van der Waals surface area contributed by atoms with Gasteiger partial charge in [-0.15, -0.1) is 0 Å². The van der Waals surface area contributed by atoms with Crippen molar-refractivity contribution < 1.29 is 23.8 Å². The van der Waals surface area contributed by atoms with E-state index in [1.54, 1.807) is 9.42 Å². The summed E-state index contributed by atoms with van der Waals surface area (Å²) < 4.78 is 21.5. The van der Waals surface area contributed by atoms with Crippen molar-refractivity contribution in [1.82, 2.24) is 24.8 Å².